The smallest absolute Gasteiger partial charge is 0.259 e. The number of benzene rings is 1. The lowest BCUT2D eigenvalue weighted by Gasteiger charge is -2.06. The first-order chi connectivity index (χ1) is 14.0. The van der Waals surface area contributed by atoms with E-state index in [9.17, 15) is 4.79 Å². The van der Waals surface area contributed by atoms with Gasteiger partial charge in [-0.05, 0) is 32.4 Å². The average molecular weight is 406 g/mol. The van der Waals surface area contributed by atoms with Crippen molar-refractivity contribution in [3.05, 3.63) is 74.4 Å². The molecule has 0 spiro atoms. The molecule has 6 nitrogen and oxygen atoms in total. The molecule has 0 radical (unpaired) electrons. The highest BCUT2D eigenvalue weighted by Gasteiger charge is 2.11. The van der Waals surface area contributed by atoms with Crippen molar-refractivity contribution in [3.63, 3.8) is 0 Å². The summed E-state index contributed by atoms with van der Waals surface area (Å²) >= 11 is 1.58. The summed E-state index contributed by atoms with van der Waals surface area (Å²) in [5, 5.41) is 4.08. The fraction of sp³-hybridized carbons (Fsp3) is 0.273. The topological polar surface area (TPSA) is 83.6 Å². The van der Waals surface area contributed by atoms with E-state index in [0.29, 0.717) is 25.3 Å². The van der Waals surface area contributed by atoms with Gasteiger partial charge in [0.05, 0.1) is 5.39 Å². The van der Waals surface area contributed by atoms with Gasteiger partial charge in [-0.15, -0.1) is 11.3 Å². The van der Waals surface area contributed by atoms with E-state index in [1.54, 1.807) is 11.3 Å². The van der Waals surface area contributed by atoms with Crippen LogP contribution in [0.5, 0.6) is 0 Å². The summed E-state index contributed by atoms with van der Waals surface area (Å²) in [5.41, 5.74) is 4.20. The lowest BCUT2D eigenvalue weighted by molar-refractivity contribution is 0.668. The molecular weight excluding hydrogens is 382 g/mol. The maximum Gasteiger partial charge on any atom is 0.259 e. The van der Waals surface area contributed by atoms with Gasteiger partial charge in [0.25, 0.3) is 5.56 Å². The number of nitrogens with one attached hydrogen (secondary N) is 2. The number of nitrogens with zero attached hydrogens (tertiary/aromatic N) is 3. The van der Waals surface area contributed by atoms with Crippen LogP contribution in [0.25, 0.3) is 21.6 Å². The first-order valence-corrected chi connectivity index (χ1v) is 10.4. The van der Waals surface area contributed by atoms with Gasteiger partial charge in [-0.25, -0.2) is 15.0 Å². The maximum atomic E-state index is 12.3. The molecule has 148 valence electrons. The third-order valence-electron chi connectivity index (χ3n) is 4.94. The van der Waals surface area contributed by atoms with Gasteiger partial charge in [0, 0.05) is 47.9 Å². The van der Waals surface area contributed by atoms with Crippen molar-refractivity contribution in [1.82, 2.24) is 25.3 Å². The number of thiophene rings is 1. The molecule has 0 aliphatic heterocycles. The Hall–Kier alpha value is -2.90. The molecule has 3 aromatic heterocycles. The van der Waals surface area contributed by atoms with Crippen LogP contribution in [-0.4, -0.2) is 26.5 Å². The van der Waals surface area contributed by atoms with Crippen molar-refractivity contribution < 1.29 is 0 Å². The zero-order valence-electron chi connectivity index (χ0n) is 16.7. The minimum Gasteiger partial charge on any atom is -0.312 e. The number of hydrogen-bond donors (Lipinski definition) is 2. The van der Waals surface area contributed by atoms with Crippen LogP contribution in [0.3, 0.4) is 0 Å². The SMILES string of the molecule is Cc1cccc(-c2ncc(CNCCc3nc4sc(C)c(C)c4c(=O)[nH]3)cn2)c1. The Morgan fingerprint density at radius 1 is 1.14 bits per heavy atom. The Morgan fingerprint density at radius 2 is 1.93 bits per heavy atom. The molecule has 4 rings (SSSR count). The summed E-state index contributed by atoms with van der Waals surface area (Å²) in [7, 11) is 0. The van der Waals surface area contributed by atoms with E-state index < -0.39 is 0 Å². The molecule has 7 heteroatoms. The summed E-state index contributed by atoms with van der Waals surface area (Å²) < 4.78 is 0. The van der Waals surface area contributed by atoms with Gasteiger partial charge in [0.2, 0.25) is 0 Å². The minimum atomic E-state index is -0.0491. The van der Waals surface area contributed by atoms with Crippen LogP contribution in [0.1, 0.15) is 27.4 Å². The van der Waals surface area contributed by atoms with Crippen molar-refractivity contribution in [3.8, 4) is 11.4 Å². The number of aryl methyl sites for hydroxylation is 3. The minimum absolute atomic E-state index is 0.0491. The molecule has 29 heavy (non-hydrogen) atoms. The third-order valence-corrected chi connectivity index (χ3v) is 6.04. The average Bonchev–Trinajstić information content (AvgIpc) is 3.00. The Balaban J connectivity index is 1.35. The van der Waals surface area contributed by atoms with Crippen LogP contribution in [-0.2, 0) is 13.0 Å². The molecular formula is C22H23N5OS. The van der Waals surface area contributed by atoms with Gasteiger partial charge < -0.3 is 10.3 Å². The van der Waals surface area contributed by atoms with Crippen LogP contribution >= 0.6 is 11.3 Å². The van der Waals surface area contributed by atoms with Gasteiger partial charge in [-0.1, -0.05) is 23.8 Å². The Morgan fingerprint density at radius 3 is 2.69 bits per heavy atom. The summed E-state index contributed by atoms with van der Waals surface area (Å²) in [5.74, 6) is 1.44. The van der Waals surface area contributed by atoms with Crippen molar-refractivity contribution in [2.24, 2.45) is 0 Å². The molecule has 0 unspecified atom stereocenters. The Labute approximate surface area is 173 Å². The van der Waals surface area contributed by atoms with Crippen molar-refractivity contribution in [1.29, 1.82) is 0 Å². The zero-order valence-corrected chi connectivity index (χ0v) is 17.6. The maximum absolute atomic E-state index is 12.3. The number of rotatable bonds is 6. The molecule has 0 amide bonds. The predicted octanol–water partition coefficient (Wildman–Crippen LogP) is 3.70. The second-order valence-electron chi connectivity index (χ2n) is 7.19. The highest BCUT2D eigenvalue weighted by atomic mass is 32.1. The second kappa shape index (κ2) is 8.23. The van der Waals surface area contributed by atoms with Crippen LogP contribution in [0.15, 0.2) is 41.5 Å². The van der Waals surface area contributed by atoms with Gasteiger partial charge >= 0.3 is 0 Å². The molecule has 0 aliphatic rings. The van der Waals surface area contributed by atoms with E-state index in [-0.39, 0.29) is 5.56 Å². The molecule has 3 heterocycles. The van der Waals surface area contributed by atoms with E-state index in [4.69, 9.17) is 0 Å². The van der Waals surface area contributed by atoms with E-state index >= 15 is 0 Å². The van der Waals surface area contributed by atoms with E-state index in [1.807, 2.05) is 38.4 Å². The largest absolute Gasteiger partial charge is 0.312 e. The Kier molecular flexibility index (Phi) is 5.51. The number of H-pyrrole nitrogens is 1. The van der Waals surface area contributed by atoms with Crippen LogP contribution < -0.4 is 10.9 Å². The molecule has 0 fully saturated rings. The fourth-order valence-electron chi connectivity index (χ4n) is 3.24. The lowest BCUT2D eigenvalue weighted by atomic mass is 10.1. The summed E-state index contributed by atoms with van der Waals surface area (Å²) in [4.78, 5) is 30.8. The number of aromatic amines is 1. The zero-order chi connectivity index (χ0) is 20.4. The highest BCUT2D eigenvalue weighted by molar-refractivity contribution is 7.18. The normalized spacial score (nSPS) is 11.3. The standard InChI is InChI=1S/C22H23N5OS/c1-13-5-4-6-17(9-13)20-24-11-16(12-25-20)10-23-8-7-18-26-21(28)19-14(2)15(3)29-22(19)27-18/h4-6,9,11-12,23H,7-8,10H2,1-3H3,(H,26,27,28). The van der Waals surface area contributed by atoms with Crippen molar-refractivity contribution >= 4 is 21.6 Å². The summed E-state index contributed by atoms with van der Waals surface area (Å²) in [6, 6.07) is 8.16. The highest BCUT2D eigenvalue weighted by Crippen LogP contribution is 2.25. The monoisotopic (exact) mass is 405 g/mol. The molecule has 0 saturated carbocycles. The predicted molar refractivity (Wildman–Crippen MR) is 117 cm³/mol. The van der Waals surface area contributed by atoms with Gasteiger partial charge in [-0.2, -0.15) is 0 Å². The number of aromatic nitrogens is 4. The fourth-order valence-corrected chi connectivity index (χ4v) is 4.29. The molecule has 0 aliphatic carbocycles. The third kappa shape index (κ3) is 4.26. The van der Waals surface area contributed by atoms with Gasteiger partial charge in [0.1, 0.15) is 10.7 Å². The number of fused-ring (bicyclic) bond motifs is 1. The molecule has 0 saturated heterocycles. The van der Waals surface area contributed by atoms with Crippen LogP contribution in [0, 0.1) is 20.8 Å². The molecule has 1 aromatic carbocycles. The number of hydrogen-bond acceptors (Lipinski definition) is 6. The quantitative estimate of drug-likeness (QED) is 0.478. The molecule has 0 atom stereocenters. The van der Waals surface area contributed by atoms with Gasteiger partial charge in [-0.3, -0.25) is 4.79 Å². The van der Waals surface area contributed by atoms with Crippen molar-refractivity contribution in [2.45, 2.75) is 33.7 Å². The van der Waals surface area contributed by atoms with E-state index in [2.05, 4.69) is 44.3 Å². The first kappa shape index (κ1) is 19.4. The van der Waals surface area contributed by atoms with Crippen LogP contribution in [0.2, 0.25) is 0 Å². The van der Waals surface area contributed by atoms with Gasteiger partial charge in [0.15, 0.2) is 5.82 Å². The molecule has 0 bridgehead atoms. The van der Waals surface area contributed by atoms with E-state index in [1.165, 1.54) is 5.56 Å². The summed E-state index contributed by atoms with van der Waals surface area (Å²) in [6.07, 6.45) is 4.35. The van der Waals surface area contributed by atoms with E-state index in [0.717, 1.165) is 37.6 Å². The molecule has 2 N–H and O–H groups in total. The molecule has 4 aromatic rings. The Bertz CT molecular complexity index is 1210. The first-order valence-electron chi connectivity index (χ1n) is 9.59. The lowest BCUT2D eigenvalue weighted by Crippen LogP contribution is -2.20. The van der Waals surface area contributed by atoms with Crippen molar-refractivity contribution in [2.75, 3.05) is 6.54 Å². The van der Waals surface area contributed by atoms with Crippen LogP contribution in [0.4, 0.5) is 0 Å². The summed E-state index contributed by atoms with van der Waals surface area (Å²) in [6.45, 7) is 7.42. The second-order valence-corrected chi connectivity index (χ2v) is 8.39.